The maximum Gasteiger partial charge on any atom is 0.335 e. The van der Waals surface area contributed by atoms with Crippen molar-refractivity contribution in [2.24, 2.45) is 0 Å². The van der Waals surface area contributed by atoms with Gasteiger partial charge in [-0.05, 0) is 97.9 Å². The first-order chi connectivity index (χ1) is 16.7. The van der Waals surface area contributed by atoms with Crippen LogP contribution in [0.15, 0.2) is 73.6 Å². The predicted molar refractivity (Wildman–Crippen MR) is 146 cm³/mol. The molecule has 4 amide bonds. The first-order valence-corrected chi connectivity index (χ1v) is 12.9. The van der Waals surface area contributed by atoms with Gasteiger partial charge >= 0.3 is 6.03 Å². The Kier molecular flexibility index (Phi) is 7.80. The summed E-state index contributed by atoms with van der Waals surface area (Å²) in [5.74, 6) is -0.952. The van der Waals surface area contributed by atoms with Crippen LogP contribution in [0.5, 0.6) is 5.75 Å². The maximum absolute atomic E-state index is 13.2. The van der Waals surface area contributed by atoms with Gasteiger partial charge in [-0.25, -0.2) is 9.69 Å². The molecule has 1 N–H and O–H groups in total. The number of hydrogen-bond acceptors (Lipinski definition) is 4. The zero-order valence-corrected chi connectivity index (χ0v) is 23.6. The summed E-state index contributed by atoms with van der Waals surface area (Å²) in [7, 11) is 0. The highest BCUT2D eigenvalue weighted by molar-refractivity contribution is 9.11. The number of imide groups is 2. The van der Waals surface area contributed by atoms with E-state index in [2.05, 4.69) is 53.1 Å². The van der Waals surface area contributed by atoms with E-state index >= 15 is 0 Å². The molecule has 35 heavy (non-hydrogen) atoms. The second-order valence-corrected chi connectivity index (χ2v) is 10.6. The second-order valence-electron chi connectivity index (χ2n) is 7.57. The minimum absolute atomic E-state index is 0.189. The molecule has 0 atom stereocenters. The molecule has 178 valence electrons. The second kappa shape index (κ2) is 10.7. The number of urea groups is 1. The van der Waals surface area contributed by atoms with Gasteiger partial charge < -0.3 is 4.74 Å². The molecule has 1 fully saturated rings. The predicted octanol–water partition coefficient (Wildman–Crippen LogP) is 7.18. The van der Waals surface area contributed by atoms with E-state index in [0.29, 0.717) is 43.1 Å². The number of amides is 4. The van der Waals surface area contributed by atoms with Crippen molar-refractivity contribution in [3.8, 4) is 5.75 Å². The third-order valence-corrected chi connectivity index (χ3v) is 7.33. The molecule has 0 spiro atoms. The van der Waals surface area contributed by atoms with Gasteiger partial charge in [0.2, 0.25) is 0 Å². The van der Waals surface area contributed by atoms with Crippen molar-refractivity contribution in [2.75, 3.05) is 4.90 Å². The molecule has 0 aliphatic carbocycles. The molecule has 1 aliphatic heterocycles. The van der Waals surface area contributed by atoms with Crippen molar-refractivity contribution in [2.45, 2.75) is 13.5 Å². The van der Waals surface area contributed by atoms with Crippen molar-refractivity contribution in [1.29, 1.82) is 0 Å². The Labute approximate surface area is 231 Å². The van der Waals surface area contributed by atoms with Crippen LogP contribution in [-0.4, -0.2) is 17.8 Å². The van der Waals surface area contributed by atoms with E-state index in [-0.39, 0.29) is 5.57 Å². The lowest BCUT2D eigenvalue weighted by atomic mass is 10.1. The summed E-state index contributed by atoms with van der Waals surface area (Å²) in [6.45, 7) is 2.04. The van der Waals surface area contributed by atoms with Gasteiger partial charge in [-0.1, -0.05) is 45.7 Å². The smallest absolute Gasteiger partial charge is 0.335 e. The van der Waals surface area contributed by atoms with E-state index in [4.69, 9.17) is 16.3 Å². The Balaban J connectivity index is 1.63. The number of rotatable bonds is 5. The molecule has 0 bridgehead atoms. The lowest BCUT2D eigenvalue weighted by Gasteiger charge is -2.27. The molecular formula is C25H16Br3ClN2O4. The third-order valence-electron chi connectivity index (χ3n) is 5.21. The van der Waals surface area contributed by atoms with Gasteiger partial charge in [0.1, 0.15) is 17.9 Å². The number of anilines is 1. The summed E-state index contributed by atoms with van der Waals surface area (Å²) >= 11 is 16.6. The highest BCUT2D eigenvalue weighted by Gasteiger charge is 2.37. The molecule has 1 saturated heterocycles. The maximum atomic E-state index is 13.2. The summed E-state index contributed by atoms with van der Waals surface area (Å²) < 4.78 is 8.18. The number of ether oxygens (including phenoxy) is 1. The van der Waals surface area contributed by atoms with Gasteiger partial charge in [0.15, 0.2) is 0 Å². The van der Waals surface area contributed by atoms with Crippen LogP contribution in [0.3, 0.4) is 0 Å². The molecule has 0 radical (unpaired) electrons. The Bertz CT molecular complexity index is 1370. The molecule has 1 aliphatic rings. The molecule has 0 aromatic heterocycles. The Hall–Kier alpha value is -2.46. The number of barbiturate groups is 1. The standard InChI is InChI=1S/C25H16Br3ClN2O4/c1-13-20(29)3-2-4-21(13)31-24(33)17(23(32)30-25(31)34)9-15-10-18(27)22(19(28)11-15)35-12-14-5-7-16(26)8-6-14/h2-11H,12H2,1H3,(H,30,32,34)/b17-9+. The molecule has 1 heterocycles. The zero-order valence-electron chi connectivity index (χ0n) is 18.1. The fourth-order valence-electron chi connectivity index (χ4n) is 3.42. The van der Waals surface area contributed by atoms with Crippen molar-refractivity contribution in [1.82, 2.24) is 5.32 Å². The summed E-state index contributed by atoms with van der Waals surface area (Å²) in [5, 5.41) is 2.62. The molecule has 3 aromatic carbocycles. The summed E-state index contributed by atoms with van der Waals surface area (Å²) in [6, 6.07) is 15.3. The van der Waals surface area contributed by atoms with E-state index in [9.17, 15) is 14.4 Å². The Morgan fingerprint density at radius 2 is 1.66 bits per heavy atom. The average molecular weight is 684 g/mol. The van der Waals surface area contributed by atoms with Crippen molar-refractivity contribution in [3.63, 3.8) is 0 Å². The van der Waals surface area contributed by atoms with Crippen molar-refractivity contribution in [3.05, 3.63) is 95.3 Å². The van der Waals surface area contributed by atoms with Gasteiger partial charge in [0, 0.05) is 9.50 Å². The lowest BCUT2D eigenvalue weighted by Crippen LogP contribution is -2.54. The minimum Gasteiger partial charge on any atom is -0.487 e. The highest BCUT2D eigenvalue weighted by atomic mass is 79.9. The van der Waals surface area contributed by atoms with Crippen LogP contribution in [0.2, 0.25) is 5.02 Å². The number of nitrogens with one attached hydrogen (secondary N) is 1. The zero-order chi connectivity index (χ0) is 25.3. The number of nitrogens with zero attached hydrogens (tertiary/aromatic N) is 1. The van der Waals surface area contributed by atoms with E-state index in [0.717, 1.165) is 14.9 Å². The molecule has 6 nitrogen and oxygen atoms in total. The largest absolute Gasteiger partial charge is 0.487 e. The van der Waals surface area contributed by atoms with Gasteiger partial charge in [0.25, 0.3) is 11.8 Å². The SMILES string of the molecule is Cc1c(Cl)cccc1N1C(=O)NC(=O)/C(=C\c2cc(Br)c(OCc3ccc(Br)cc3)c(Br)c2)C1=O. The first kappa shape index (κ1) is 25.6. The van der Waals surface area contributed by atoms with Crippen LogP contribution in [0.4, 0.5) is 10.5 Å². The van der Waals surface area contributed by atoms with E-state index in [1.165, 1.54) is 6.08 Å². The fourth-order valence-corrected chi connectivity index (χ4v) is 5.30. The molecule has 4 rings (SSSR count). The monoisotopic (exact) mass is 680 g/mol. The van der Waals surface area contributed by atoms with Crippen LogP contribution in [0.25, 0.3) is 6.08 Å². The lowest BCUT2D eigenvalue weighted by molar-refractivity contribution is -0.122. The van der Waals surface area contributed by atoms with Gasteiger partial charge in [0.05, 0.1) is 14.6 Å². The highest BCUT2D eigenvalue weighted by Crippen LogP contribution is 2.36. The Morgan fingerprint density at radius 3 is 2.31 bits per heavy atom. The minimum atomic E-state index is -0.832. The van der Waals surface area contributed by atoms with Crippen LogP contribution in [0, 0.1) is 6.92 Å². The average Bonchev–Trinajstić information content (AvgIpc) is 2.80. The fraction of sp³-hybridized carbons (Fsp3) is 0.0800. The van der Waals surface area contributed by atoms with E-state index in [1.54, 1.807) is 37.3 Å². The quantitative estimate of drug-likeness (QED) is 0.229. The molecule has 0 unspecified atom stereocenters. The summed E-state index contributed by atoms with van der Waals surface area (Å²) in [6.07, 6.45) is 1.42. The van der Waals surface area contributed by atoms with Crippen LogP contribution >= 0.6 is 59.4 Å². The van der Waals surface area contributed by atoms with Crippen LogP contribution in [-0.2, 0) is 16.2 Å². The number of benzene rings is 3. The number of hydrogen-bond donors (Lipinski definition) is 1. The number of carbonyl (C=O) groups is 3. The molecular weight excluding hydrogens is 667 g/mol. The first-order valence-electron chi connectivity index (χ1n) is 10.2. The van der Waals surface area contributed by atoms with Crippen LogP contribution in [0.1, 0.15) is 16.7 Å². The number of halogens is 4. The molecule has 10 heteroatoms. The molecule has 3 aromatic rings. The van der Waals surface area contributed by atoms with E-state index < -0.39 is 17.8 Å². The van der Waals surface area contributed by atoms with E-state index in [1.807, 2.05) is 24.3 Å². The molecule has 0 saturated carbocycles. The van der Waals surface area contributed by atoms with Crippen LogP contribution < -0.4 is 15.0 Å². The van der Waals surface area contributed by atoms with Crippen molar-refractivity contribution < 1.29 is 19.1 Å². The van der Waals surface area contributed by atoms with Gasteiger partial charge in [-0.2, -0.15) is 0 Å². The topological polar surface area (TPSA) is 75.7 Å². The Morgan fingerprint density at radius 1 is 1.00 bits per heavy atom. The number of carbonyl (C=O) groups excluding carboxylic acids is 3. The normalized spacial score (nSPS) is 14.9. The third kappa shape index (κ3) is 5.53. The van der Waals surface area contributed by atoms with Gasteiger partial charge in [-0.3, -0.25) is 14.9 Å². The van der Waals surface area contributed by atoms with Crippen molar-refractivity contribution >= 4 is 89.0 Å². The summed E-state index contributed by atoms with van der Waals surface area (Å²) in [5.41, 5.74) is 2.20. The van der Waals surface area contributed by atoms with Gasteiger partial charge in [-0.15, -0.1) is 0 Å². The summed E-state index contributed by atoms with van der Waals surface area (Å²) in [4.78, 5) is 39.2.